The van der Waals surface area contributed by atoms with Crippen LogP contribution in [0.4, 0.5) is 0 Å². The van der Waals surface area contributed by atoms with Crippen molar-refractivity contribution in [3.63, 3.8) is 0 Å². The van der Waals surface area contributed by atoms with E-state index in [0.29, 0.717) is 24.8 Å². The topological polar surface area (TPSA) is 90.2 Å². The molecule has 3 heterocycles. The molecule has 0 saturated carbocycles. The van der Waals surface area contributed by atoms with Gasteiger partial charge in [-0.25, -0.2) is 9.67 Å². The predicted molar refractivity (Wildman–Crippen MR) is 90.5 cm³/mol. The number of aromatic nitrogens is 4. The molecule has 1 unspecified atom stereocenters. The Bertz CT molecular complexity index is 828. The van der Waals surface area contributed by atoms with Crippen molar-refractivity contribution in [2.75, 3.05) is 13.1 Å². The Kier molecular flexibility index (Phi) is 4.78. The molecular weight excluding hydrogens is 322 g/mol. The summed E-state index contributed by atoms with van der Waals surface area (Å²) in [4.78, 5) is 34.3. The third-order valence-corrected chi connectivity index (χ3v) is 4.07. The van der Waals surface area contributed by atoms with Crippen molar-refractivity contribution >= 4 is 5.91 Å². The molecule has 0 spiro atoms. The molecule has 1 aliphatic heterocycles. The molecule has 0 N–H and O–H groups in total. The highest BCUT2D eigenvalue weighted by Gasteiger charge is 2.27. The van der Waals surface area contributed by atoms with Crippen molar-refractivity contribution < 1.29 is 9.53 Å². The van der Waals surface area contributed by atoms with Gasteiger partial charge in [0.15, 0.2) is 0 Å². The summed E-state index contributed by atoms with van der Waals surface area (Å²) in [5.74, 6) is 0.997. The molecule has 1 amide bonds. The normalized spacial score (nSPS) is 17.4. The van der Waals surface area contributed by atoms with Gasteiger partial charge in [-0.15, -0.1) is 0 Å². The van der Waals surface area contributed by atoms with Crippen LogP contribution in [0.3, 0.4) is 0 Å². The second-order valence-electron chi connectivity index (χ2n) is 6.21. The van der Waals surface area contributed by atoms with E-state index in [-0.39, 0.29) is 23.3 Å². The average molecular weight is 343 g/mol. The zero-order chi connectivity index (χ0) is 18.0. The third kappa shape index (κ3) is 4.01. The number of aryl methyl sites for hydroxylation is 3. The van der Waals surface area contributed by atoms with Gasteiger partial charge in [-0.05, 0) is 32.8 Å². The summed E-state index contributed by atoms with van der Waals surface area (Å²) in [5.41, 5.74) is 0.864. The molecule has 3 rings (SSSR count). The van der Waals surface area contributed by atoms with Crippen LogP contribution in [-0.2, 0) is 7.05 Å². The fourth-order valence-electron chi connectivity index (χ4n) is 2.91. The lowest BCUT2D eigenvalue weighted by molar-refractivity contribution is 0.0519. The largest absolute Gasteiger partial charge is 0.472 e. The number of nitrogens with zero attached hydrogens (tertiary/aromatic N) is 5. The monoisotopic (exact) mass is 343 g/mol. The highest BCUT2D eigenvalue weighted by atomic mass is 16.5. The van der Waals surface area contributed by atoms with Crippen LogP contribution in [0.5, 0.6) is 5.88 Å². The molecule has 1 fully saturated rings. The highest BCUT2D eigenvalue weighted by Crippen LogP contribution is 2.18. The van der Waals surface area contributed by atoms with Gasteiger partial charge in [0.2, 0.25) is 5.88 Å². The zero-order valence-corrected chi connectivity index (χ0v) is 14.6. The van der Waals surface area contributed by atoms with Crippen molar-refractivity contribution in [3.8, 4) is 5.88 Å². The van der Waals surface area contributed by atoms with Crippen molar-refractivity contribution in [2.24, 2.45) is 7.05 Å². The minimum absolute atomic E-state index is 0.126. The predicted octanol–water partition coefficient (Wildman–Crippen LogP) is 0.871. The van der Waals surface area contributed by atoms with E-state index < -0.39 is 0 Å². The minimum Gasteiger partial charge on any atom is -0.472 e. The van der Waals surface area contributed by atoms with Crippen LogP contribution in [0.1, 0.15) is 34.8 Å². The number of hydrogen-bond donors (Lipinski definition) is 0. The number of carbonyl (C=O) groups is 1. The van der Waals surface area contributed by atoms with Gasteiger partial charge in [0, 0.05) is 31.4 Å². The zero-order valence-electron chi connectivity index (χ0n) is 14.6. The maximum Gasteiger partial charge on any atom is 0.274 e. The van der Waals surface area contributed by atoms with Crippen LogP contribution in [0.2, 0.25) is 0 Å². The van der Waals surface area contributed by atoms with E-state index in [4.69, 9.17) is 4.74 Å². The van der Waals surface area contributed by atoms with Crippen LogP contribution in [0.25, 0.3) is 0 Å². The molecule has 0 bridgehead atoms. The number of piperidine rings is 1. The second-order valence-corrected chi connectivity index (χ2v) is 6.21. The summed E-state index contributed by atoms with van der Waals surface area (Å²) in [6, 6.07) is 4.61. The van der Waals surface area contributed by atoms with E-state index in [9.17, 15) is 9.59 Å². The maximum atomic E-state index is 12.6. The number of hydrogen-bond acceptors (Lipinski definition) is 6. The number of likely N-dealkylation sites (tertiary alicyclic amines) is 1. The van der Waals surface area contributed by atoms with Crippen LogP contribution in [0, 0.1) is 13.8 Å². The summed E-state index contributed by atoms with van der Waals surface area (Å²) in [6.07, 6.45) is 1.57. The lowest BCUT2D eigenvalue weighted by Gasteiger charge is -2.32. The number of carbonyl (C=O) groups excluding carboxylic acids is 1. The molecular formula is C17H21N5O3. The molecule has 0 aliphatic carbocycles. The van der Waals surface area contributed by atoms with Crippen LogP contribution in [0.15, 0.2) is 23.0 Å². The minimum atomic E-state index is -0.245. The van der Waals surface area contributed by atoms with Gasteiger partial charge in [0.05, 0.1) is 6.54 Å². The summed E-state index contributed by atoms with van der Waals surface area (Å²) in [6.45, 7) is 4.82. The molecule has 25 heavy (non-hydrogen) atoms. The van der Waals surface area contributed by atoms with E-state index in [2.05, 4.69) is 15.1 Å². The number of amides is 1. The quantitative estimate of drug-likeness (QED) is 0.821. The van der Waals surface area contributed by atoms with E-state index in [1.807, 2.05) is 13.8 Å². The molecule has 1 saturated heterocycles. The molecule has 0 radical (unpaired) electrons. The van der Waals surface area contributed by atoms with E-state index in [0.717, 1.165) is 23.2 Å². The Morgan fingerprint density at radius 2 is 2.08 bits per heavy atom. The third-order valence-electron chi connectivity index (χ3n) is 4.07. The Hall–Kier alpha value is -2.77. The highest BCUT2D eigenvalue weighted by molar-refractivity contribution is 5.92. The first-order valence-electron chi connectivity index (χ1n) is 8.25. The Labute approximate surface area is 145 Å². The van der Waals surface area contributed by atoms with Gasteiger partial charge in [-0.1, -0.05) is 0 Å². The smallest absolute Gasteiger partial charge is 0.274 e. The van der Waals surface area contributed by atoms with Gasteiger partial charge in [-0.3, -0.25) is 9.59 Å². The molecule has 2 aromatic heterocycles. The fraction of sp³-hybridized carbons (Fsp3) is 0.471. The summed E-state index contributed by atoms with van der Waals surface area (Å²) in [5, 5.41) is 4.03. The SMILES string of the molecule is Cc1cc(OC2CCCN(C(=O)c3ccc(=O)n(C)n3)C2)nc(C)n1. The number of rotatable bonds is 3. The van der Waals surface area contributed by atoms with Crippen LogP contribution in [-0.4, -0.2) is 49.7 Å². The molecule has 1 atom stereocenters. The van der Waals surface area contributed by atoms with Gasteiger partial charge in [0.25, 0.3) is 11.5 Å². The van der Waals surface area contributed by atoms with Crippen LogP contribution < -0.4 is 10.3 Å². The van der Waals surface area contributed by atoms with Gasteiger partial charge < -0.3 is 9.64 Å². The number of ether oxygens (including phenoxy) is 1. The first kappa shape index (κ1) is 17.1. The van der Waals surface area contributed by atoms with E-state index in [1.54, 1.807) is 11.0 Å². The summed E-state index contributed by atoms with van der Waals surface area (Å²) >= 11 is 0. The lowest BCUT2D eigenvalue weighted by atomic mass is 10.1. The molecule has 132 valence electrons. The molecule has 1 aliphatic rings. The van der Waals surface area contributed by atoms with Crippen molar-refractivity contribution in [1.29, 1.82) is 0 Å². The maximum absolute atomic E-state index is 12.6. The summed E-state index contributed by atoms with van der Waals surface area (Å²) < 4.78 is 7.12. The molecule has 8 nitrogen and oxygen atoms in total. The Morgan fingerprint density at radius 1 is 1.28 bits per heavy atom. The van der Waals surface area contributed by atoms with Crippen LogP contribution >= 0.6 is 0 Å². The Balaban J connectivity index is 1.70. The second kappa shape index (κ2) is 7.00. The first-order chi connectivity index (χ1) is 11.9. The first-order valence-corrected chi connectivity index (χ1v) is 8.25. The van der Waals surface area contributed by atoms with Gasteiger partial charge >= 0.3 is 0 Å². The summed E-state index contributed by atoms with van der Waals surface area (Å²) in [7, 11) is 1.53. The van der Waals surface area contributed by atoms with E-state index in [1.165, 1.54) is 19.2 Å². The van der Waals surface area contributed by atoms with Crippen molar-refractivity contribution in [1.82, 2.24) is 24.6 Å². The Morgan fingerprint density at radius 3 is 2.80 bits per heavy atom. The fourth-order valence-corrected chi connectivity index (χ4v) is 2.91. The average Bonchev–Trinajstić information content (AvgIpc) is 2.56. The van der Waals surface area contributed by atoms with Gasteiger partial charge in [0.1, 0.15) is 17.6 Å². The van der Waals surface area contributed by atoms with Crippen molar-refractivity contribution in [2.45, 2.75) is 32.8 Å². The van der Waals surface area contributed by atoms with Crippen molar-refractivity contribution in [3.05, 3.63) is 45.8 Å². The molecule has 0 aromatic carbocycles. The van der Waals surface area contributed by atoms with E-state index >= 15 is 0 Å². The molecule has 2 aromatic rings. The standard InChI is InChI=1S/C17H21N5O3/c1-11-9-15(19-12(2)18-11)25-13-5-4-8-22(10-13)17(24)14-6-7-16(23)21(3)20-14/h6-7,9,13H,4-5,8,10H2,1-3H3. The lowest BCUT2D eigenvalue weighted by Crippen LogP contribution is -2.45. The molecule has 8 heteroatoms. The van der Waals surface area contributed by atoms with Gasteiger partial charge in [-0.2, -0.15) is 10.1 Å².